The van der Waals surface area contributed by atoms with Crippen molar-refractivity contribution in [3.05, 3.63) is 156 Å². The normalized spacial score (nSPS) is 12.3. The highest BCUT2D eigenvalue weighted by atomic mass is 19.1. The average Bonchev–Trinajstić information content (AvgIpc) is 3.88. The van der Waals surface area contributed by atoms with Gasteiger partial charge in [-0.25, -0.2) is 23.4 Å². The summed E-state index contributed by atoms with van der Waals surface area (Å²) >= 11 is 0. The topological polar surface area (TPSA) is 133 Å². The molecule has 0 aliphatic carbocycles. The van der Waals surface area contributed by atoms with Crippen LogP contribution in [0.4, 0.5) is 18.4 Å². The number of amides is 2. The van der Waals surface area contributed by atoms with Crippen molar-refractivity contribution in [2.24, 2.45) is 4.99 Å². The van der Waals surface area contributed by atoms with E-state index in [-0.39, 0.29) is 38.0 Å². The van der Waals surface area contributed by atoms with Crippen LogP contribution in [0, 0.1) is 11.6 Å². The summed E-state index contributed by atoms with van der Waals surface area (Å²) in [5.41, 5.74) is 3.85. The number of nitrogens with zero attached hydrogens (tertiary/aromatic N) is 3. The minimum Gasteiger partial charge on any atom is -0.465 e. The second kappa shape index (κ2) is 19.5. The Morgan fingerprint density at radius 2 is 1.19 bits per heavy atom. The third-order valence-electron chi connectivity index (χ3n) is 8.94. The van der Waals surface area contributed by atoms with E-state index >= 15 is 0 Å². The van der Waals surface area contributed by atoms with Gasteiger partial charge in [-0.15, -0.1) is 0 Å². The summed E-state index contributed by atoms with van der Waals surface area (Å²) in [5, 5.41) is 5.67. The number of nitrogens with one attached hydrogen (secondary N) is 2. The van der Waals surface area contributed by atoms with Crippen molar-refractivity contribution in [1.29, 1.82) is 0 Å². The van der Waals surface area contributed by atoms with Crippen molar-refractivity contribution >= 4 is 29.6 Å². The van der Waals surface area contributed by atoms with Gasteiger partial charge in [-0.2, -0.15) is 0 Å². The number of ether oxygens (including phenoxy) is 3. The first-order valence-corrected chi connectivity index (χ1v) is 18.7. The molecule has 5 aromatic rings. The Kier molecular flexibility index (Phi) is 14.3. The molecule has 2 amide bonds. The van der Waals surface area contributed by atoms with Gasteiger partial charge in [-0.3, -0.25) is 9.79 Å². The minimum atomic E-state index is -0.974. The number of aromatic nitrogens is 2. The van der Waals surface area contributed by atoms with Crippen LogP contribution in [0.1, 0.15) is 63.6 Å². The molecule has 2 heterocycles. The highest BCUT2D eigenvalue weighted by Crippen LogP contribution is 2.28. The highest BCUT2D eigenvalue weighted by molar-refractivity contribution is 6.03. The summed E-state index contributed by atoms with van der Waals surface area (Å²) in [7, 11) is 0. The van der Waals surface area contributed by atoms with E-state index in [0.29, 0.717) is 23.5 Å². The molecule has 0 atom stereocenters. The second-order valence-corrected chi connectivity index (χ2v) is 14.4. The number of carbonyl (C=O) groups is 3. The molecule has 13 heteroatoms. The van der Waals surface area contributed by atoms with Crippen molar-refractivity contribution in [1.82, 2.24) is 20.2 Å². The van der Waals surface area contributed by atoms with Crippen LogP contribution in [0.15, 0.2) is 126 Å². The summed E-state index contributed by atoms with van der Waals surface area (Å²) in [6, 6.07) is 30.9. The maximum absolute atomic E-state index is 13.3. The molecule has 58 heavy (non-hydrogen) atoms. The summed E-state index contributed by atoms with van der Waals surface area (Å²) < 4.78 is 43.7. The predicted molar refractivity (Wildman–Crippen MR) is 217 cm³/mol. The quantitative estimate of drug-likeness (QED) is 0.0898. The lowest BCUT2D eigenvalue weighted by molar-refractivity contribution is -0.143. The SMILES string of the molecule is CC(C)(NC(=O)OCc1ccccc1)C1=NC(c2ccc(F)cc2)=CC1.CCOC(=O)Cn1cc(-c2ccc(F)cc2)nc1C(C)(C)NC(=O)OCc1ccccc1. The maximum Gasteiger partial charge on any atom is 0.408 e. The third-order valence-corrected chi connectivity index (χ3v) is 8.94. The molecule has 4 aromatic carbocycles. The van der Waals surface area contributed by atoms with Gasteiger partial charge < -0.3 is 29.4 Å². The van der Waals surface area contributed by atoms with Gasteiger partial charge in [-0.05, 0) is 99.8 Å². The molecule has 0 spiro atoms. The zero-order valence-corrected chi connectivity index (χ0v) is 33.1. The van der Waals surface area contributed by atoms with E-state index in [0.717, 1.165) is 28.1 Å². The predicted octanol–water partition coefficient (Wildman–Crippen LogP) is 9.13. The van der Waals surface area contributed by atoms with E-state index in [1.165, 1.54) is 24.3 Å². The number of imidazole rings is 1. The minimum absolute atomic E-state index is 0.0818. The monoisotopic (exact) mass is 791 g/mol. The smallest absolute Gasteiger partial charge is 0.408 e. The first kappa shape index (κ1) is 42.5. The van der Waals surface area contributed by atoms with Crippen molar-refractivity contribution in [2.45, 2.75) is 71.9 Å². The van der Waals surface area contributed by atoms with Crippen LogP contribution >= 0.6 is 0 Å². The second-order valence-electron chi connectivity index (χ2n) is 14.4. The maximum atomic E-state index is 13.3. The Bertz CT molecular complexity index is 2220. The highest BCUT2D eigenvalue weighted by Gasteiger charge is 2.31. The molecule has 302 valence electrons. The lowest BCUT2D eigenvalue weighted by Gasteiger charge is -2.26. The number of rotatable bonds is 13. The molecule has 1 aliphatic heterocycles. The first-order chi connectivity index (χ1) is 27.7. The van der Waals surface area contributed by atoms with E-state index in [2.05, 4.69) is 20.6 Å². The molecule has 0 unspecified atom stereocenters. The zero-order valence-electron chi connectivity index (χ0n) is 33.1. The standard InChI is InChI=1S/C24H26FN3O4.C21H21FN2O2/c1-4-31-21(29)15-28-14-20(18-10-12-19(25)13-11-18)26-22(28)24(2,3)27-23(30)32-16-17-8-6-5-7-9-17;1-21(2,24-20(25)26-14-15-6-4-3-5-7-15)19-13-12-18(23-19)16-8-10-17(22)11-9-16/h5-14H,4,15-16H2,1-3H3,(H,27,30);3-12H,13-14H2,1-2H3,(H,24,25). The fraction of sp³-hybridized carbons (Fsp3) is 0.267. The molecule has 1 aromatic heterocycles. The Labute approximate surface area is 336 Å². The van der Waals surface area contributed by atoms with Gasteiger partial charge in [0.1, 0.15) is 37.2 Å². The molecule has 0 radical (unpaired) electrons. The van der Waals surface area contributed by atoms with Gasteiger partial charge >= 0.3 is 18.2 Å². The van der Waals surface area contributed by atoms with E-state index in [1.54, 1.807) is 55.8 Å². The fourth-order valence-electron chi connectivity index (χ4n) is 5.93. The number of allylic oxidation sites excluding steroid dienone is 1. The van der Waals surface area contributed by atoms with Crippen LogP contribution in [0.3, 0.4) is 0 Å². The number of halogens is 2. The molecule has 0 bridgehead atoms. The van der Waals surface area contributed by atoms with E-state index in [4.69, 9.17) is 14.2 Å². The number of hydrogen-bond donors (Lipinski definition) is 2. The number of esters is 1. The molecule has 0 fully saturated rings. The van der Waals surface area contributed by atoms with Crippen LogP contribution in [0.25, 0.3) is 17.0 Å². The number of hydrogen-bond acceptors (Lipinski definition) is 8. The molecule has 6 rings (SSSR count). The van der Waals surface area contributed by atoms with Crippen LogP contribution in [-0.2, 0) is 44.3 Å². The zero-order chi connectivity index (χ0) is 41.7. The Hall–Kier alpha value is -6.63. The number of carbonyl (C=O) groups excluding carboxylic acids is 3. The molecule has 11 nitrogen and oxygen atoms in total. The van der Waals surface area contributed by atoms with E-state index in [1.807, 2.05) is 80.6 Å². The van der Waals surface area contributed by atoms with Gasteiger partial charge in [0.05, 0.1) is 29.1 Å². The van der Waals surface area contributed by atoms with Crippen LogP contribution in [0.5, 0.6) is 0 Å². The molecule has 2 N–H and O–H groups in total. The summed E-state index contributed by atoms with van der Waals surface area (Å²) in [6.45, 7) is 9.53. The summed E-state index contributed by atoms with van der Waals surface area (Å²) in [5.74, 6) is -0.636. The lowest BCUT2D eigenvalue weighted by Crippen LogP contribution is -2.49. The lowest BCUT2D eigenvalue weighted by atomic mass is 9.97. The molecule has 1 aliphatic rings. The van der Waals surface area contributed by atoms with Crippen molar-refractivity contribution < 1.29 is 37.4 Å². The largest absolute Gasteiger partial charge is 0.465 e. The number of aliphatic imine (C=N–C) groups is 1. The van der Waals surface area contributed by atoms with Gasteiger partial charge in [0.25, 0.3) is 0 Å². The van der Waals surface area contributed by atoms with Crippen molar-refractivity contribution in [3.63, 3.8) is 0 Å². The molecule has 0 saturated heterocycles. The Morgan fingerprint density at radius 1 is 0.690 bits per heavy atom. The fourth-order valence-corrected chi connectivity index (χ4v) is 5.93. The van der Waals surface area contributed by atoms with Gasteiger partial charge in [0.15, 0.2) is 0 Å². The van der Waals surface area contributed by atoms with Gasteiger partial charge in [-0.1, -0.05) is 66.7 Å². The molecule has 0 saturated carbocycles. The Balaban J connectivity index is 0.000000226. The summed E-state index contributed by atoms with van der Waals surface area (Å²) in [6.07, 6.45) is 3.17. The Morgan fingerprint density at radius 3 is 1.71 bits per heavy atom. The van der Waals surface area contributed by atoms with Crippen LogP contribution in [0.2, 0.25) is 0 Å². The van der Waals surface area contributed by atoms with E-state index in [9.17, 15) is 23.2 Å². The van der Waals surface area contributed by atoms with Crippen molar-refractivity contribution in [3.8, 4) is 11.3 Å². The number of alkyl carbamates (subject to hydrolysis) is 2. The third kappa shape index (κ3) is 12.2. The van der Waals surface area contributed by atoms with E-state index < -0.39 is 29.2 Å². The van der Waals surface area contributed by atoms with Crippen LogP contribution < -0.4 is 10.6 Å². The van der Waals surface area contributed by atoms with Gasteiger partial charge in [0.2, 0.25) is 0 Å². The van der Waals surface area contributed by atoms with Crippen LogP contribution in [-0.4, -0.2) is 45.6 Å². The molecular formula is C45H47F2N5O6. The summed E-state index contributed by atoms with van der Waals surface area (Å²) in [4.78, 5) is 46.0. The average molecular weight is 792 g/mol. The molecular weight excluding hydrogens is 745 g/mol. The first-order valence-electron chi connectivity index (χ1n) is 18.7. The van der Waals surface area contributed by atoms with Gasteiger partial charge in [0, 0.05) is 23.9 Å². The van der Waals surface area contributed by atoms with Crippen molar-refractivity contribution in [2.75, 3.05) is 6.61 Å². The number of benzene rings is 4.